The maximum atomic E-state index is 15.3. The number of fused-ring (bicyclic) bond motifs is 1. The van der Waals surface area contributed by atoms with Gasteiger partial charge in [0.05, 0.1) is 6.04 Å². The van der Waals surface area contributed by atoms with E-state index in [-0.39, 0.29) is 27.8 Å². The second-order valence-electron chi connectivity index (χ2n) is 9.86. The lowest BCUT2D eigenvalue weighted by Crippen LogP contribution is -2.29. The number of benzene rings is 1. The first kappa shape index (κ1) is 24.0. The highest BCUT2D eigenvalue weighted by molar-refractivity contribution is 7.90. The first-order valence-corrected chi connectivity index (χ1v) is 12.1. The monoisotopic (exact) mass is 481 g/mol. The first-order chi connectivity index (χ1) is 15.3. The molecule has 178 valence electrons. The van der Waals surface area contributed by atoms with Gasteiger partial charge in [-0.3, -0.25) is 4.98 Å². The third-order valence-electron chi connectivity index (χ3n) is 5.60. The van der Waals surface area contributed by atoms with Gasteiger partial charge in [-0.2, -0.15) is 13.2 Å². The number of hydrogen-bond acceptors (Lipinski definition) is 3. The minimum atomic E-state index is -4.71. The van der Waals surface area contributed by atoms with Gasteiger partial charge in [0.15, 0.2) is 5.69 Å². The first-order valence-electron chi connectivity index (χ1n) is 10.9. The van der Waals surface area contributed by atoms with Crippen LogP contribution in [0.2, 0.25) is 0 Å². The van der Waals surface area contributed by atoms with Gasteiger partial charge in [0.2, 0.25) is 0 Å². The predicted molar refractivity (Wildman–Crippen MR) is 122 cm³/mol. The highest BCUT2D eigenvalue weighted by Gasteiger charge is 2.37. The van der Waals surface area contributed by atoms with Crippen LogP contribution in [0.5, 0.6) is 0 Å². The van der Waals surface area contributed by atoms with Crippen molar-refractivity contribution >= 4 is 22.3 Å². The summed E-state index contributed by atoms with van der Waals surface area (Å²) in [5.41, 5.74) is -0.306. The molecule has 4 rings (SSSR count). The molecular weight excluding hydrogens is 454 g/mol. The van der Waals surface area contributed by atoms with Gasteiger partial charge in [0.25, 0.3) is 0 Å². The molecule has 1 aromatic carbocycles. The Kier molecular flexibility index (Phi) is 6.26. The molecule has 1 saturated carbocycles. The minimum Gasteiger partial charge on any atom is -0.598 e. The Morgan fingerprint density at radius 3 is 2.52 bits per heavy atom. The van der Waals surface area contributed by atoms with Crippen LogP contribution in [-0.4, -0.2) is 19.4 Å². The van der Waals surface area contributed by atoms with Gasteiger partial charge >= 0.3 is 6.18 Å². The zero-order valence-corrected chi connectivity index (χ0v) is 19.8. The average molecular weight is 482 g/mol. The summed E-state index contributed by atoms with van der Waals surface area (Å²) >= 11 is -1.18. The van der Waals surface area contributed by atoms with Crippen molar-refractivity contribution in [2.75, 3.05) is 0 Å². The normalized spacial score (nSPS) is 16.9. The molecule has 2 unspecified atom stereocenters. The standard InChI is InChI=1S/C24H27F4N3OS/c1-14(30-33(32)15-7-8-15)19-12-31(13-23(2,3)4)21-11-17(20(25)10-18(19)21)16-6-5-9-29-22(16)24(26,27)28/h5-6,9-12,14-15,30H,7-8,13H2,1-4H3. The summed E-state index contributed by atoms with van der Waals surface area (Å²) in [6.45, 7) is 8.60. The van der Waals surface area contributed by atoms with Crippen LogP contribution in [0.1, 0.15) is 57.8 Å². The molecule has 3 aromatic rings. The van der Waals surface area contributed by atoms with E-state index in [0.29, 0.717) is 17.4 Å². The van der Waals surface area contributed by atoms with E-state index >= 15 is 4.39 Å². The number of nitrogens with zero attached hydrogens (tertiary/aromatic N) is 2. The van der Waals surface area contributed by atoms with Crippen LogP contribution < -0.4 is 4.72 Å². The lowest BCUT2D eigenvalue weighted by Gasteiger charge is -2.20. The number of alkyl halides is 3. The van der Waals surface area contributed by atoms with Gasteiger partial charge in [0.1, 0.15) is 11.1 Å². The third kappa shape index (κ3) is 5.20. The maximum Gasteiger partial charge on any atom is 0.433 e. The van der Waals surface area contributed by atoms with Gasteiger partial charge in [0, 0.05) is 65.2 Å². The average Bonchev–Trinajstić information content (AvgIpc) is 3.50. The van der Waals surface area contributed by atoms with Crippen LogP contribution >= 0.6 is 0 Å². The summed E-state index contributed by atoms with van der Waals surface area (Å²) in [7, 11) is 0. The molecule has 2 aromatic heterocycles. The van der Waals surface area contributed by atoms with Crippen molar-refractivity contribution in [3.05, 3.63) is 53.7 Å². The van der Waals surface area contributed by atoms with E-state index in [2.05, 4.69) is 30.5 Å². The summed E-state index contributed by atoms with van der Waals surface area (Å²) in [6.07, 6.45) is 0.0681. The summed E-state index contributed by atoms with van der Waals surface area (Å²) in [6, 6.07) is 5.04. The molecule has 1 fully saturated rings. The van der Waals surface area contributed by atoms with Crippen molar-refractivity contribution in [1.29, 1.82) is 0 Å². The van der Waals surface area contributed by atoms with Gasteiger partial charge in [-0.05, 0) is 36.1 Å². The Labute approximate surface area is 193 Å². The second kappa shape index (κ2) is 8.60. The SMILES string of the molecule is CC(N[S+]([O-])C1CC1)c1cn(CC(C)(C)C)c2cc(-c3cccnc3C(F)(F)F)c(F)cc12. The topological polar surface area (TPSA) is 52.9 Å². The van der Waals surface area contributed by atoms with Crippen molar-refractivity contribution < 1.29 is 22.1 Å². The quantitative estimate of drug-likeness (QED) is 0.328. The second-order valence-corrected chi connectivity index (χ2v) is 11.4. The Hall–Kier alpha value is -2.10. The van der Waals surface area contributed by atoms with E-state index in [9.17, 15) is 17.7 Å². The molecule has 0 spiro atoms. The smallest absolute Gasteiger partial charge is 0.433 e. The third-order valence-corrected chi connectivity index (χ3v) is 7.26. The maximum absolute atomic E-state index is 15.3. The molecule has 0 radical (unpaired) electrons. The molecule has 0 bridgehead atoms. The zero-order valence-electron chi connectivity index (χ0n) is 19.0. The molecule has 2 atom stereocenters. The van der Waals surface area contributed by atoms with E-state index in [1.54, 1.807) is 0 Å². The molecule has 1 aliphatic carbocycles. The fraction of sp³-hybridized carbons (Fsp3) is 0.458. The molecule has 1 N–H and O–H groups in total. The van der Waals surface area contributed by atoms with Crippen molar-refractivity contribution in [1.82, 2.24) is 14.3 Å². The minimum absolute atomic E-state index is 0.128. The van der Waals surface area contributed by atoms with E-state index in [1.165, 1.54) is 24.3 Å². The van der Waals surface area contributed by atoms with Crippen LogP contribution in [0.25, 0.3) is 22.0 Å². The number of aromatic nitrogens is 2. The lowest BCUT2D eigenvalue weighted by atomic mass is 9.96. The van der Waals surface area contributed by atoms with Crippen molar-refractivity contribution in [2.45, 2.75) is 64.5 Å². The molecule has 0 amide bonds. The summed E-state index contributed by atoms with van der Waals surface area (Å²) in [5, 5.41) is 0.732. The Bertz CT molecular complexity index is 1160. The lowest BCUT2D eigenvalue weighted by molar-refractivity contribution is -0.140. The largest absolute Gasteiger partial charge is 0.598 e. The molecule has 0 aliphatic heterocycles. The number of pyridine rings is 1. The molecular formula is C24H27F4N3OS. The number of nitrogens with one attached hydrogen (secondary N) is 1. The van der Waals surface area contributed by atoms with Crippen LogP contribution in [0.15, 0.2) is 36.7 Å². The summed E-state index contributed by atoms with van der Waals surface area (Å²) in [4.78, 5) is 3.48. The molecule has 2 heterocycles. The van der Waals surface area contributed by atoms with Gasteiger partial charge in [-0.1, -0.05) is 26.8 Å². The highest BCUT2D eigenvalue weighted by Crippen LogP contribution is 2.40. The van der Waals surface area contributed by atoms with Gasteiger partial charge < -0.3 is 9.12 Å². The summed E-state index contributed by atoms with van der Waals surface area (Å²) in [5.74, 6) is -0.758. The molecule has 33 heavy (non-hydrogen) atoms. The number of hydrogen-bond donors (Lipinski definition) is 1. The zero-order chi connectivity index (χ0) is 24.1. The highest BCUT2D eigenvalue weighted by atomic mass is 32.2. The Balaban J connectivity index is 1.86. The van der Waals surface area contributed by atoms with Crippen LogP contribution in [0, 0.1) is 11.2 Å². The van der Waals surface area contributed by atoms with Crippen LogP contribution in [0.4, 0.5) is 17.6 Å². The van der Waals surface area contributed by atoms with Crippen molar-refractivity contribution in [2.24, 2.45) is 5.41 Å². The molecule has 1 aliphatic rings. The molecule has 0 saturated heterocycles. The Morgan fingerprint density at radius 1 is 1.21 bits per heavy atom. The Morgan fingerprint density at radius 2 is 1.91 bits per heavy atom. The van der Waals surface area contributed by atoms with E-state index in [1.807, 2.05) is 17.7 Å². The summed E-state index contributed by atoms with van der Waals surface area (Å²) < 4.78 is 73.4. The van der Waals surface area contributed by atoms with Crippen LogP contribution in [-0.2, 0) is 24.1 Å². The fourth-order valence-electron chi connectivity index (χ4n) is 4.00. The van der Waals surface area contributed by atoms with E-state index in [4.69, 9.17) is 0 Å². The van der Waals surface area contributed by atoms with Gasteiger partial charge in [-0.15, -0.1) is 4.72 Å². The van der Waals surface area contributed by atoms with E-state index in [0.717, 1.165) is 24.6 Å². The molecule has 4 nitrogen and oxygen atoms in total. The fourth-order valence-corrected chi connectivity index (χ4v) is 5.23. The van der Waals surface area contributed by atoms with Crippen molar-refractivity contribution in [3.8, 4) is 11.1 Å². The van der Waals surface area contributed by atoms with Crippen LogP contribution in [0.3, 0.4) is 0 Å². The molecule has 9 heteroatoms. The van der Waals surface area contributed by atoms with Gasteiger partial charge in [-0.25, -0.2) is 4.39 Å². The van der Waals surface area contributed by atoms with E-state index < -0.39 is 29.0 Å². The predicted octanol–water partition coefficient (Wildman–Crippen LogP) is 6.38. The number of rotatable bonds is 6. The van der Waals surface area contributed by atoms with Crippen molar-refractivity contribution in [3.63, 3.8) is 0 Å². The number of halogens is 4.